The average Bonchev–Trinajstić information content (AvgIpc) is 2.74. The van der Waals surface area contributed by atoms with Crippen LogP contribution < -0.4 is 5.32 Å². The Labute approximate surface area is 119 Å². The van der Waals surface area contributed by atoms with E-state index in [1.165, 1.54) is 0 Å². The molecule has 4 nitrogen and oxygen atoms in total. The number of rotatable bonds is 2. The lowest BCUT2D eigenvalue weighted by Gasteiger charge is -2.21. The fourth-order valence-electron chi connectivity index (χ4n) is 2.11. The fourth-order valence-corrected chi connectivity index (χ4v) is 3.14. The Morgan fingerprint density at radius 2 is 2.26 bits per heavy atom. The van der Waals surface area contributed by atoms with Crippen molar-refractivity contribution < 1.29 is 4.79 Å². The van der Waals surface area contributed by atoms with E-state index in [1.807, 2.05) is 11.8 Å². The van der Waals surface area contributed by atoms with Gasteiger partial charge in [0.15, 0.2) is 0 Å². The summed E-state index contributed by atoms with van der Waals surface area (Å²) in [6.45, 7) is 10.8. The first-order chi connectivity index (χ1) is 8.88. The predicted octanol–water partition coefficient (Wildman–Crippen LogP) is 2.15. The van der Waals surface area contributed by atoms with E-state index in [2.05, 4.69) is 36.5 Å². The van der Waals surface area contributed by atoms with Crippen LogP contribution in [0.25, 0.3) is 0 Å². The quantitative estimate of drug-likeness (QED) is 0.903. The van der Waals surface area contributed by atoms with Gasteiger partial charge in [-0.15, -0.1) is 11.3 Å². The van der Waals surface area contributed by atoms with Crippen molar-refractivity contribution in [3.63, 3.8) is 0 Å². The van der Waals surface area contributed by atoms with Crippen molar-refractivity contribution in [2.45, 2.75) is 52.1 Å². The monoisotopic (exact) mass is 281 g/mol. The largest absolute Gasteiger partial charge is 0.335 e. The third kappa shape index (κ3) is 3.54. The number of carbonyl (C=O) groups is 1. The predicted molar refractivity (Wildman–Crippen MR) is 78.3 cm³/mol. The van der Waals surface area contributed by atoms with E-state index >= 15 is 0 Å². The van der Waals surface area contributed by atoms with Gasteiger partial charge in [-0.3, -0.25) is 4.79 Å². The van der Waals surface area contributed by atoms with Crippen LogP contribution in [-0.2, 0) is 16.8 Å². The third-order valence-electron chi connectivity index (χ3n) is 3.38. The minimum absolute atomic E-state index is 0.0758. The molecule has 1 atom stereocenters. The highest BCUT2D eigenvalue weighted by Gasteiger charge is 2.24. The van der Waals surface area contributed by atoms with Crippen molar-refractivity contribution in [1.29, 1.82) is 0 Å². The van der Waals surface area contributed by atoms with Gasteiger partial charge in [-0.25, -0.2) is 4.98 Å². The standard InChI is InChI=1S/C14H23N3OS/c1-10-13(18)17(7-5-6-15-10)8-12-16-11(9-19-12)14(2,3)4/h9-10,15H,5-8H2,1-4H3. The summed E-state index contributed by atoms with van der Waals surface area (Å²) in [7, 11) is 0. The molecule has 0 bridgehead atoms. The Morgan fingerprint density at radius 3 is 2.89 bits per heavy atom. The van der Waals surface area contributed by atoms with Crippen LogP contribution >= 0.6 is 11.3 Å². The molecule has 1 unspecified atom stereocenters. The van der Waals surface area contributed by atoms with E-state index in [1.54, 1.807) is 11.3 Å². The zero-order valence-electron chi connectivity index (χ0n) is 12.2. The van der Waals surface area contributed by atoms with Gasteiger partial charge >= 0.3 is 0 Å². The Kier molecular flexibility index (Phi) is 4.26. The molecule has 106 valence electrons. The van der Waals surface area contributed by atoms with Crippen LogP contribution in [0, 0.1) is 0 Å². The van der Waals surface area contributed by atoms with E-state index in [4.69, 9.17) is 0 Å². The lowest BCUT2D eigenvalue weighted by molar-refractivity contribution is -0.132. The highest BCUT2D eigenvalue weighted by Crippen LogP contribution is 2.24. The van der Waals surface area contributed by atoms with Crippen LogP contribution in [-0.4, -0.2) is 34.9 Å². The van der Waals surface area contributed by atoms with Crippen LogP contribution in [0.2, 0.25) is 0 Å². The number of nitrogens with zero attached hydrogens (tertiary/aromatic N) is 2. The number of carbonyl (C=O) groups excluding carboxylic acids is 1. The summed E-state index contributed by atoms with van der Waals surface area (Å²) >= 11 is 1.65. The summed E-state index contributed by atoms with van der Waals surface area (Å²) in [4.78, 5) is 18.8. The molecule has 1 saturated heterocycles. The van der Waals surface area contributed by atoms with E-state index in [0.717, 1.165) is 30.2 Å². The van der Waals surface area contributed by atoms with E-state index in [0.29, 0.717) is 6.54 Å². The van der Waals surface area contributed by atoms with Crippen molar-refractivity contribution in [3.05, 3.63) is 16.1 Å². The van der Waals surface area contributed by atoms with Crippen LogP contribution in [0.4, 0.5) is 0 Å². The average molecular weight is 281 g/mol. The number of thiazole rings is 1. The second kappa shape index (κ2) is 5.59. The van der Waals surface area contributed by atoms with Crippen LogP contribution in [0.5, 0.6) is 0 Å². The SMILES string of the molecule is CC1NCCCN(Cc2nc(C(C)(C)C)cs2)C1=O. The van der Waals surface area contributed by atoms with Gasteiger partial charge < -0.3 is 10.2 Å². The van der Waals surface area contributed by atoms with Crippen molar-refractivity contribution in [2.24, 2.45) is 0 Å². The molecule has 0 spiro atoms. The Hall–Kier alpha value is -0.940. The maximum atomic E-state index is 12.2. The lowest BCUT2D eigenvalue weighted by Crippen LogP contribution is -2.41. The summed E-state index contributed by atoms with van der Waals surface area (Å²) in [5.74, 6) is 0.185. The second-order valence-electron chi connectivity index (χ2n) is 6.17. The topological polar surface area (TPSA) is 45.2 Å². The number of hydrogen-bond donors (Lipinski definition) is 1. The molecule has 1 fully saturated rings. The number of amides is 1. The molecular weight excluding hydrogens is 258 g/mol. The Bertz CT molecular complexity index is 450. The first-order valence-electron chi connectivity index (χ1n) is 6.85. The number of hydrogen-bond acceptors (Lipinski definition) is 4. The van der Waals surface area contributed by atoms with Gasteiger partial charge in [-0.05, 0) is 19.9 Å². The van der Waals surface area contributed by atoms with E-state index in [9.17, 15) is 4.79 Å². The maximum absolute atomic E-state index is 12.2. The van der Waals surface area contributed by atoms with Crippen molar-refractivity contribution in [3.8, 4) is 0 Å². The van der Waals surface area contributed by atoms with Gasteiger partial charge in [0.25, 0.3) is 0 Å². The first-order valence-corrected chi connectivity index (χ1v) is 7.73. The van der Waals surface area contributed by atoms with Crippen LogP contribution in [0.3, 0.4) is 0 Å². The first kappa shape index (κ1) is 14.5. The van der Waals surface area contributed by atoms with Gasteiger partial charge in [0.1, 0.15) is 5.01 Å². The lowest BCUT2D eigenvalue weighted by atomic mass is 9.93. The maximum Gasteiger partial charge on any atom is 0.239 e. The zero-order valence-corrected chi connectivity index (χ0v) is 13.0. The smallest absolute Gasteiger partial charge is 0.239 e. The molecule has 0 saturated carbocycles. The minimum Gasteiger partial charge on any atom is -0.335 e. The van der Waals surface area contributed by atoms with Crippen LogP contribution in [0.15, 0.2) is 5.38 Å². The summed E-state index contributed by atoms with van der Waals surface area (Å²) < 4.78 is 0. The molecule has 0 aliphatic carbocycles. The number of aromatic nitrogens is 1. The molecule has 1 aromatic heterocycles. The van der Waals surface area contributed by atoms with Gasteiger partial charge in [0.2, 0.25) is 5.91 Å². The van der Waals surface area contributed by atoms with Crippen LogP contribution in [0.1, 0.15) is 44.8 Å². The van der Waals surface area contributed by atoms with Crippen molar-refractivity contribution >= 4 is 17.2 Å². The normalized spacial score (nSPS) is 21.6. The molecule has 1 aliphatic rings. The van der Waals surface area contributed by atoms with Crippen molar-refractivity contribution in [2.75, 3.05) is 13.1 Å². The van der Waals surface area contributed by atoms with Gasteiger partial charge in [-0.2, -0.15) is 0 Å². The molecular formula is C14H23N3OS. The van der Waals surface area contributed by atoms with E-state index < -0.39 is 0 Å². The van der Waals surface area contributed by atoms with Gasteiger partial charge in [-0.1, -0.05) is 20.8 Å². The molecule has 2 rings (SSSR count). The molecule has 2 heterocycles. The zero-order chi connectivity index (χ0) is 14.0. The van der Waals surface area contributed by atoms with Gasteiger partial charge in [0, 0.05) is 17.3 Å². The Balaban J connectivity index is 2.07. The second-order valence-corrected chi connectivity index (χ2v) is 7.11. The fraction of sp³-hybridized carbons (Fsp3) is 0.714. The van der Waals surface area contributed by atoms with Crippen molar-refractivity contribution in [1.82, 2.24) is 15.2 Å². The summed E-state index contributed by atoms with van der Waals surface area (Å²) in [6, 6.07) is -0.0791. The highest BCUT2D eigenvalue weighted by atomic mass is 32.1. The molecule has 19 heavy (non-hydrogen) atoms. The number of nitrogens with one attached hydrogen (secondary N) is 1. The molecule has 0 aromatic carbocycles. The molecule has 5 heteroatoms. The summed E-state index contributed by atoms with van der Waals surface area (Å²) in [5, 5.41) is 6.38. The third-order valence-corrected chi connectivity index (χ3v) is 4.22. The summed E-state index contributed by atoms with van der Waals surface area (Å²) in [5.41, 5.74) is 1.19. The molecule has 1 amide bonds. The highest BCUT2D eigenvalue weighted by molar-refractivity contribution is 7.09. The summed E-state index contributed by atoms with van der Waals surface area (Å²) in [6.07, 6.45) is 1.01. The minimum atomic E-state index is -0.0791. The molecule has 1 N–H and O–H groups in total. The Morgan fingerprint density at radius 1 is 1.53 bits per heavy atom. The molecule has 1 aliphatic heterocycles. The van der Waals surface area contributed by atoms with E-state index in [-0.39, 0.29) is 17.4 Å². The molecule has 1 aromatic rings. The van der Waals surface area contributed by atoms with Gasteiger partial charge in [0.05, 0.1) is 18.3 Å². The molecule has 0 radical (unpaired) electrons.